The number of benzene rings is 1. The maximum Gasteiger partial charge on any atom is 0.317 e. The minimum atomic E-state index is -3.61. The van der Waals surface area contributed by atoms with Gasteiger partial charge in [0.05, 0.1) is 12.0 Å². The Morgan fingerprint density at radius 3 is 2.31 bits per heavy atom. The number of nitrogens with one attached hydrogen (secondary N) is 1. The third-order valence-corrected chi connectivity index (χ3v) is 5.98. The van der Waals surface area contributed by atoms with Crippen molar-refractivity contribution in [3.63, 3.8) is 0 Å². The van der Waals surface area contributed by atoms with Crippen molar-refractivity contribution >= 4 is 22.0 Å². The molecule has 2 amide bonds. The minimum absolute atomic E-state index is 0.00579. The molecule has 2 rings (SSSR count). The van der Waals surface area contributed by atoms with Crippen molar-refractivity contribution in [3.05, 3.63) is 24.3 Å². The average molecular weight is 385 g/mol. The SMILES string of the molecule is COc1ccc(S(=O)(=O)N2CCN(C(=O)NCCCC(=O)O)CC2)cc1. The quantitative estimate of drug-likeness (QED) is 0.663. The predicted octanol–water partition coefficient (Wildman–Crippen LogP) is 0.576. The zero-order valence-corrected chi connectivity index (χ0v) is 15.4. The van der Waals surface area contributed by atoms with Crippen LogP contribution in [0.3, 0.4) is 0 Å². The molecule has 0 bridgehead atoms. The molecule has 2 N–H and O–H groups in total. The van der Waals surface area contributed by atoms with E-state index in [1.807, 2.05) is 0 Å². The van der Waals surface area contributed by atoms with Crippen molar-refractivity contribution in [1.29, 1.82) is 0 Å². The average Bonchev–Trinajstić information content (AvgIpc) is 2.65. The van der Waals surface area contributed by atoms with Gasteiger partial charge in [-0.1, -0.05) is 0 Å². The van der Waals surface area contributed by atoms with E-state index in [1.165, 1.54) is 28.4 Å². The molecule has 1 aliphatic rings. The van der Waals surface area contributed by atoms with Gasteiger partial charge >= 0.3 is 12.0 Å². The summed E-state index contributed by atoms with van der Waals surface area (Å²) in [7, 11) is -2.10. The summed E-state index contributed by atoms with van der Waals surface area (Å²) in [6, 6.07) is 5.86. The number of amides is 2. The topological polar surface area (TPSA) is 116 Å². The molecule has 1 fully saturated rings. The molecular formula is C16H23N3O6S. The van der Waals surface area contributed by atoms with E-state index in [0.29, 0.717) is 12.2 Å². The lowest BCUT2D eigenvalue weighted by Gasteiger charge is -2.34. The summed E-state index contributed by atoms with van der Waals surface area (Å²) in [5, 5.41) is 11.2. The molecule has 1 aliphatic heterocycles. The van der Waals surface area contributed by atoms with Crippen molar-refractivity contribution in [2.24, 2.45) is 0 Å². The van der Waals surface area contributed by atoms with Crippen LogP contribution < -0.4 is 10.1 Å². The number of sulfonamides is 1. The fraction of sp³-hybridized carbons (Fsp3) is 0.500. The van der Waals surface area contributed by atoms with Crippen molar-refractivity contribution < 1.29 is 27.9 Å². The Kier molecular flexibility index (Phi) is 6.81. The Hall–Kier alpha value is -2.33. The van der Waals surface area contributed by atoms with Crippen molar-refractivity contribution in [2.45, 2.75) is 17.7 Å². The molecule has 1 heterocycles. The fourth-order valence-corrected chi connectivity index (χ4v) is 4.00. The Balaban J connectivity index is 1.86. The highest BCUT2D eigenvalue weighted by molar-refractivity contribution is 7.89. The largest absolute Gasteiger partial charge is 0.497 e. The van der Waals surface area contributed by atoms with Crippen LogP contribution in [-0.4, -0.2) is 74.6 Å². The molecule has 1 aromatic carbocycles. The Labute approximate surface area is 152 Å². The van der Waals surface area contributed by atoms with E-state index in [4.69, 9.17) is 9.84 Å². The maximum atomic E-state index is 12.6. The van der Waals surface area contributed by atoms with Crippen molar-refractivity contribution in [2.75, 3.05) is 39.8 Å². The molecule has 26 heavy (non-hydrogen) atoms. The number of hydrogen-bond donors (Lipinski definition) is 2. The molecule has 0 aromatic heterocycles. The van der Waals surface area contributed by atoms with Crippen LogP contribution in [0.15, 0.2) is 29.2 Å². The first-order chi connectivity index (χ1) is 12.3. The van der Waals surface area contributed by atoms with Gasteiger partial charge < -0.3 is 20.1 Å². The molecule has 10 heteroatoms. The second-order valence-electron chi connectivity index (χ2n) is 5.80. The third-order valence-electron chi connectivity index (χ3n) is 4.07. The molecule has 0 aliphatic carbocycles. The highest BCUT2D eigenvalue weighted by atomic mass is 32.2. The number of hydrogen-bond acceptors (Lipinski definition) is 5. The van der Waals surface area contributed by atoms with Crippen LogP contribution in [0.2, 0.25) is 0 Å². The van der Waals surface area contributed by atoms with Gasteiger partial charge in [0.1, 0.15) is 5.75 Å². The van der Waals surface area contributed by atoms with E-state index in [-0.39, 0.29) is 50.1 Å². The van der Waals surface area contributed by atoms with Gasteiger partial charge in [0.2, 0.25) is 10.0 Å². The molecule has 144 valence electrons. The van der Waals surface area contributed by atoms with E-state index >= 15 is 0 Å². The summed E-state index contributed by atoms with van der Waals surface area (Å²) in [5.74, 6) is -0.329. The highest BCUT2D eigenvalue weighted by Gasteiger charge is 2.30. The summed E-state index contributed by atoms with van der Waals surface area (Å²) in [4.78, 5) is 24.2. The van der Waals surface area contributed by atoms with Crippen LogP contribution in [0, 0.1) is 0 Å². The molecule has 0 atom stereocenters. The lowest BCUT2D eigenvalue weighted by atomic mass is 10.3. The standard InChI is InChI=1S/C16H23N3O6S/c1-25-13-4-6-14(7-5-13)26(23,24)19-11-9-18(10-12-19)16(22)17-8-2-3-15(20)21/h4-7H,2-3,8-12H2,1H3,(H,17,22)(H,20,21). The number of urea groups is 1. The number of methoxy groups -OCH3 is 1. The lowest BCUT2D eigenvalue weighted by Crippen LogP contribution is -2.53. The van der Waals surface area contributed by atoms with Crippen LogP contribution in [0.5, 0.6) is 5.75 Å². The first-order valence-corrected chi connectivity index (χ1v) is 9.67. The Bertz CT molecular complexity index is 727. The number of carboxylic acids is 1. The maximum absolute atomic E-state index is 12.6. The van der Waals surface area contributed by atoms with Gasteiger partial charge in [-0.3, -0.25) is 4.79 Å². The second-order valence-corrected chi connectivity index (χ2v) is 7.73. The van der Waals surface area contributed by atoms with Crippen LogP contribution in [0.1, 0.15) is 12.8 Å². The zero-order valence-electron chi connectivity index (χ0n) is 14.6. The second kappa shape index (κ2) is 8.86. The fourth-order valence-electron chi connectivity index (χ4n) is 2.58. The molecular weight excluding hydrogens is 362 g/mol. The number of piperazine rings is 1. The first kappa shape index (κ1) is 20.0. The summed E-state index contributed by atoms with van der Waals surface area (Å²) < 4.78 is 31.7. The zero-order chi connectivity index (χ0) is 19.2. The van der Waals surface area contributed by atoms with Crippen molar-refractivity contribution in [3.8, 4) is 5.75 Å². The van der Waals surface area contributed by atoms with Crippen LogP contribution >= 0.6 is 0 Å². The molecule has 9 nitrogen and oxygen atoms in total. The number of carboxylic acid groups (broad SMARTS) is 1. The minimum Gasteiger partial charge on any atom is -0.497 e. The summed E-state index contributed by atoms with van der Waals surface area (Å²) in [6.45, 7) is 1.24. The van der Waals surface area contributed by atoms with Gasteiger partial charge in [0.25, 0.3) is 0 Å². The van der Waals surface area contributed by atoms with Gasteiger partial charge in [-0.2, -0.15) is 4.31 Å². The van der Waals surface area contributed by atoms with E-state index < -0.39 is 16.0 Å². The Morgan fingerprint density at radius 2 is 1.77 bits per heavy atom. The highest BCUT2D eigenvalue weighted by Crippen LogP contribution is 2.20. The molecule has 0 unspecified atom stereocenters. The number of carbonyl (C=O) groups excluding carboxylic acids is 1. The Morgan fingerprint density at radius 1 is 1.15 bits per heavy atom. The van der Waals surface area contributed by atoms with Crippen LogP contribution in [-0.2, 0) is 14.8 Å². The predicted molar refractivity (Wildman–Crippen MR) is 93.6 cm³/mol. The lowest BCUT2D eigenvalue weighted by molar-refractivity contribution is -0.137. The van der Waals surface area contributed by atoms with Crippen LogP contribution in [0.4, 0.5) is 4.79 Å². The molecule has 0 spiro atoms. The monoisotopic (exact) mass is 385 g/mol. The molecule has 0 radical (unpaired) electrons. The van der Waals surface area contributed by atoms with E-state index in [9.17, 15) is 18.0 Å². The smallest absolute Gasteiger partial charge is 0.317 e. The molecule has 0 saturated carbocycles. The van der Waals surface area contributed by atoms with Gasteiger partial charge in [0.15, 0.2) is 0 Å². The number of aliphatic carboxylic acids is 1. The van der Waals surface area contributed by atoms with Gasteiger partial charge in [-0.25, -0.2) is 13.2 Å². The summed E-state index contributed by atoms with van der Waals surface area (Å²) >= 11 is 0. The molecule has 1 saturated heterocycles. The number of ether oxygens (including phenoxy) is 1. The van der Waals surface area contributed by atoms with E-state index in [0.717, 1.165) is 0 Å². The number of nitrogens with zero attached hydrogens (tertiary/aromatic N) is 2. The summed E-state index contributed by atoms with van der Waals surface area (Å²) in [5.41, 5.74) is 0. The third kappa shape index (κ3) is 5.09. The van der Waals surface area contributed by atoms with Gasteiger partial charge in [-0.15, -0.1) is 0 Å². The van der Waals surface area contributed by atoms with Gasteiger partial charge in [-0.05, 0) is 30.7 Å². The van der Waals surface area contributed by atoms with E-state index in [1.54, 1.807) is 12.1 Å². The number of rotatable bonds is 7. The van der Waals surface area contributed by atoms with Crippen LogP contribution in [0.25, 0.3) is 0 Å². The van der Waals surface area contributed by atoms with Crippen molar-refractivity contribution in [1.82, 2.24) is 14.5 Å². The molecule has 1 aromatic rings. The van der Waals surface area contributed by atoms with Gasteiger partial charge in [0, 0.05) is 39.1 Å². The first-order valence-electron chi connectivity index (χ1n) is 8.23. The van der Waals surface area contributed by atoms with E-state index in [2.05, 4.69) is 5.32 Å². The normalized spacial score (nSPS) is 15.5. The number of carbonyl (C=O) groups is 2. The summed E-state index contributed by atoms with van der Waals surface area (Å²) in [6.07, 6.45) is 0.348.